The summed E-state index contributed by atoms with van der Waals surface area (Å²) in [6, 6.07) is 49.6. The van der Waals surface area contributed by atoms with Gasteiger partial charge in [-0.05, 0) is 47.5 Å². The van der Waals surface area contributed by atoms with Gasteiger partial charge in [0.1, 0.15) is 6.17 Å². The van der Waals surface area contributed by atoms with Crippen LogP contribution >= 0.6 is 34.8 Å². The predicted molar refractivity (Wildman–Crippen MR) is 220 cm³/mol. The van der Waals surface area contributed by atoms with Gasteiger partial charge in [0, 0.05) is 43.9 Å². The molecule has 0 radical (unpaired) electrons. The number of rotatable bonds is 9. The fourth-order valence-electron chi connectivity index (χ4n) is 6.19. The quantitative estimate of drug-likeness (QED) is 0.127. The third kappa shape index (κ3) is 8.42. The molecule has 5 N–H and O–H groups in total. The number of nitrogens with zero attached hydrogens (tertiary/aromatic N) is 1. The van der Waals surface area contributed by atoms with Gasteiger partial charge in [-0.1, -0.05) is 150 Å². The van der Waals surface area contributed by atoms with Gasteiger partial charge in [0.15, 0.2) is 11.5 Å². The van der Waals surface area contributed by atoms with Gasteiger partial charge in [0.25, 0.3) is 0 Å². The van der Waals surface area contributed by atoms with E-state index in [2.05, 4.69) is 70.9 Å². The zero-order chi connectivity index (χ0) is 37.3. The molecule has 0 saturated heterocycles. The Bertz CT molecular complexity index is 2240. The van der Waals surface area contributed by atoms with Crippen molar-refractivity contribution in [3.8, 4) is 11.5 Å². The Morgan fingerprint density at radius 3 is 1.79 bits per heavy atom. The van der Waals surface area contributed by atoms with Gasteiger partial charge in [0.2, 0.25) is 0 Å². The fourth-order valence-corrected chi connectivity index (χ4v) is 6.87. The minimum Gasteiger partial charge on any atom is -0.493 e. The molecule has 1 heterocycles. The Morgan fingerprint density at radius 1 is 0.604 bits per heavy atom. The second kappa shape index (κ2) is 17.3. The fraction of sp³-hybridized carbons (Fsp3) is 0.0909. The number of nitrogens with two attached hydrogens (primary N) is 2. The summed E-state index contributed by atoms with van der Waals surface area (Å²) < 4.78 is 10.5. The van der Waals surface area contributed by atoms with Crippen molar-refractivity contribution < 1.29 is 9.47 Å². The molecule has 6 aromatic rings. The molecule has 9 heteroatoms. The largest absolute Gasteiger partial charge is 0.493 e. The number of benzene rings is 6. The summed E-state index contributed by atoms with van der Waals surface area (Å²) in [5, 5.41) is 5.82. The van der Waals surface area contributed by atoms with Gasteiger partial charge in [-0.25, -0.2) is 0 Å². The molecule has 0 fully saturated rings. The van der Waals surface area contributed by atoms with E-state index in [0.29, 0.717) is 40.0 Å². The van der Waals surface area contributed by atoms with E-state index < -0.39 is 0 Å². The van der Waals surface area contributed by atoms with Crippen molar-refractivity contribution in [2.75, 3.05) is 14.2 Å². The molecule has 6 nitrogen and oxygen atoms in total. The van der Waals surface area contributed by atoms with Crippen molar-refractivity contribution >= 4 is 57.6 Å². The van der Waals surface area contributed by atoms with Crippen LogP contribution in [0.2, 0.25) is 15.1 Å². The molecular weight excluding hydrogens is 723 g/mol. The maximum absolute atomic E-state index is 6.68. The Kier molecular flexibility index (Phi) is 12.2. The molecule has 6 aromatic carbocycles. The molecule has 0 amide bonds. The van der Waals surface area contributed by atoms with E-state index in [1.54, 1.807) is 32.4 Å². The molecule has 0 aromatic heterocycles. The highest BCUT2D eigenvalue weighted by Gasteiger charge is 2.35. The summed E-state index contributed by atoms with van der Waals surface area (Å²) in [5.74, 6) is 1.22. The predicted octanol–water partition coefficient (Wildman–Crippen LogP) is 10.7. The lowest BCUT2D eigenvalue weighted by Gasteiger charge is -2.30. The zero-order valence-corrected chi connectivity index (χ0v) is 31.5. The van der Waals surface area contributed by atoms with E-state index >= 15 is 0 Å². The smallest absolute Gasteiger partial charge is 0.161 e. The zero-order valence-electron chi connectivity index (χ0n) is 29.3. The molecule has 0 aliphatic carbocycles. The number of ether oxygens (including phenoxy) is 2. The monoisotopic (exact) mass is 760 g/mol. The van der Waals surface area contributed by atoms with Gasteiger partial charge >= 0.3 is 0 Å². The Hall–Kier alpha value is -5.53. The summed E-state index contributed by atoms with van der Waals surface area (Å²) >= 11 is 19.4. The normalized spacial score (nSPS) is 14.1. The summed E-state index contributed by atoms with van der Waals surface area (Å²) in [6.07, 6.45) is -0.134. The number of methoxy groups -OCH3 is 2. The SMILES string of the molecule is COc1ccc(/C(N)=C(/N)c2ccccc2Cl)cc1OC.Clc1ccccc1CN1C(c2ccccc2)=C(c2ccccc2)NC1c1ccccc1Cl. The van der Waals surface area contributed by atoms with Crippen LogP contribution in [0.4, 0.5) is 0 Å². The van der Waals surface area contributed by atoms with Crippen LogP contribution in [0.15, 0.2) is 152 Å². The highest BCUT2D eigenvalue weighted by atomic mass is 35.5. The van der Waals surface area contributed by atoms with E-state index in [-0.39, 0.29) is 6.17 Å². The number of hydrogen-bond donors (Lipinski definition) is 3. The summed E-state index contributed by atoms with van der Waals surface area (Å²) in [7, 11) is 3.15. The van der Waals surface area contributed by atoms with E-state index in [4.69, 9.17) is 55.7 Å². The first-order chi connectivity index (χ1) is 25.8. The molecule has 0 bridgehead atoms. The lowest BCUT2D eigenvalue weighted by atomic mass is 10.0. The van der Waals surface area contributed by atoms with Gasteiger partial charge in [-0.3, -0.25) is 0 Å². The van der Waals surface area contributed by atoms with Crippen molar-refractivity contribution in [3.63, 3.8) is 0 Å². The van der Waals surface area contributed by atoms with Crippen LogP contribution in [0, 0.1) is 0 Å². The van der Waals surface area contributed by atoms with Gasteiger partial charge in [-0.2, -0.15) is 0 Å². The van der Waals surface area contributed by atoms with Crippen molar-refractivity contribution in [2.45, 2.75) is 12.7 Å². The third-order valence-electron chi connectivity index (χ3n) is 8.87. The van der Waals surface area contributed by atoms with Crippen LogP contribution in [0.1, 0.15) is 39.5 Å². The van der Waals surface area contributed by atoms with Crippen molar-refractivity contribution in [1.29, 1.82) is 0 Å². The maximum Gasteiger partial charge on any atom is 0.161 e. The van der Waals surface area contributed by atoms with Crippen molar-refractivity contribution in [1.82, 2.24) is 10.2 Å². The van der Waals surface area contributed by atoms with E-state index in [1.165, 1.54) is 0 Å². The average molecular weight is 762 g/mol. The molecule has 53 heavy (non-hydrogen) atoms. The summed E-state index contributed by atoms with van der Waals surface area (Å²) in [4.78, 5) is 2.36. The second-order valence-electron chi connectivity index (χ2n) is 12.1. The molecule has 0 spiro atoms. The molecule has 1 aliphatic rings. The minimum atomic E-state index is -0.134. The lowest BCUT2D eigenvalue weighted by Crippen LogP contribution is -2.29. The molecule has 7 rings (SSSR count). The van der Waals surface area contributed by atoms with E-state index in [0.717, 1.165) is 49.3 Å². The molecular formula is C44H39Cl3N4O2. The second-order valence-corrected chi connectivity index (χ2v) is 13.3. The minimum absolute atomic E-state index is 0.134. The number of halogens is 3. The first kappa shape index (κ1) is 37.2. The van der Waals surface area contributed by atoms with Gasteiger partial charge < -0.3 is 31.2 Å². The highest BCUT2D eigenvalue weighted by Crippen LogP contribution is 2.43. The molecule has 1 aliphatic heterocycles. The topological polar surface area (TPSA) is 85.8 Å². The van der Waals surface area contributed by atoms with Crippen LogP contribution in [-0.4, -0.2) is 19.1 Å². The van der Waals surface area contributed by atoms with Crippen LogP contribution < -0.4 is 26.3 Å². The maximum atomic E-state index is 6.68. The first-order valence-electron chi connectivity index (χ1n) is 16.9. The Morgan fingerprint density at radius 2 is 1.17 bits per heavy atom. The first-order valence-corrected chi connectivity index (χ1v) is 18.0. The van der Waals surface area contributed by atoms with Crippen molar-refractivity contribution in [2.24, 2.45) is 11.5 Å². The lowest BCUT2D eigenvalue weighted by molar-refractivity contribution is 0.292. The molecule has 1 unspecified atom stereocenters. The van der Waals surface area contributed by atoms with Crippen LogP contribution in [0.3, 0.4) is 0 Å². The van der Waals surface area contributed by atoms with E-state index in [9.17, 15) is 0 Å². The third-order valence-corrected chi connectivity index (χ3v) is 9.92. The Balaban J connectivity index is 0.000000199. The average Bonchev–Trinajstić information content (AvgIpc) is 3.57. The van der Waals surface area contributed by atoms with E-state index in [1.807, 2.05) is 72.8 Å². The highest BCUT2D eigenvalue weighted by molar-refractivity contribution is 6.32. The molecule has 0 saturated carbocycles. The van der Waals surface area contributed by atoms with Crippen LogP contribution in [0.5, 0.6) is 11.5 Å². The Labute approximate surface area is 325 Å². The van der Waals surface area contributed by atoms with Crippen LogP contribution in [0.25, 0.3) is 22.8 Å². The summed E-state index contributed by atoms with van der Waals surface area (Å²) in [6.45, 7) is 0.642. The number of nitrogens with one attached hydrogen (secondary N) is 1. The summed E-state index contributed by atoms with van der Waals surface area (Å²) in [5.41, 5.74) is 21.2. The van der Waals surface area contributed by atoms with Gasteiger partial charge in [0.05, 0.1) is 37.0 Å². The van der Waals surface area contributed by atoms with Gasteiger partial charge in [-0.15, -0.1) is 0 Å². The standard InChI is InChI=1S/C28H22Cl2N2.C16H17ClN2O2/c29-24-17-9-7-15-22(24)19-32-27(21-13-5-2-6-14-21)26(20-11-3-1-4-12-20)31-28(32)23-16-8-10-18-25(23)30;1-20-13-8-7-10(9-14(13)21-2)15(18)16(19)11-5-3-4-6-12(11)17/h1-18,28,31H,19H2;3-9H,18-19H2,1-2H3/b;16-15-. The van der Waals surface area contributed by atoms with Crippen molar-refractivity contribution in [3.05, 3.63) is 200 Å². The molecule has 1 atom stereocenters. The number of hydrogen-bond acceptors (Lipinski definition) is 6. The molecule has 268 valence electrons. The van der Waals surface area contributed by atoms with Crippen LogP contribution in [-0.2, 0) is 6.54 Å².